The first kappa shape index (κ1) is 22.7. The highest BCUT2D eigenvalue weighted by atomic mass is 19.3. The summed E-state index contributed by atoms with van der Waals surface area (Å²) in [6.07, 6.45) is -0.415. The molecule has 2 heterocycles. The molecule has 2 aromatic heterocycles. The zero-order valence-corrected chi connectivity index (χ0v) is 17.5. The van der Waals surface area contributed by atoms with Gasteiger partial charge in [0.1, 0.15) is 23.3 Å². The summed E-state index contributed by atoms with van der Waals surface area (Å²) in [5.41, 5.74) is -1.70. The number of alkyl halides is 2. The topological polar surface area (TPSA) is 146 Å². The minimum Gasteiger partial charge on any atom is -0.346 e. The van der Waals surface area contributed by atoms with E-state index in [0.29, 0.717) is 0 Å². The Balaban J connectivity index is 1.50. The maximum atomic E-state index is 13.5. The molecule has 3 N–H and O–H groups in total. The first-order valence-corrected chi connectivity index (χ1v) is 9.85. The molecule has 0 aliphatic heterocycles. The Bertz CT molecular complexity index is 1330. The molecule has 1 saturated carbocycles. The zero-order valence-electron chi connectivity index (χ0n) is 17.5. The number of ketones is 1. The number of H-pyrrole nitrogens is 1. The average molecular weight is 471 g/mol. The quantitative estimate of drug-likeness (QED) is 0.354. The minimum absolute atomic E-state index is 0.0120. The van der Waals surface area contributed by atoms with Crippen LogP contribution < -0.4 is 10.6 Å². The Hall–Kier alpha value is -4.47. The Kier molecular flexibility index (Phi) is 5.66. The molecule has 4 rings (SSSR count). The van der Waals surface area contributed by atoms with E-state index in [4.69, 9.17) is 5.26 Å². The number of rotatable bonds is 7. The number of carbonyl (C=O) groups is 3. The van der Waals surface area contributed by atoms with Crippen molar-refractivity contribution in [3.05, 3.63) is 65.0 Å². The van der Waals surface area contributed by atoms with Gasteiger partial charge in [-0.1, -0.05) is 0 Å². The third-order valence-electron chi connectivity index (χ3n) is 5.58. The number of nitriles is 1. The van der Waals surface area contributed by atoms with Crippen molar-refractivity contribution in [2.24, 2.45) is 13.0 Å². The summed E-state index contributed by atoms with van der Waals surface area (Å²) >= 11 is 0. The Labute approximate surface area is 189 Å². The van der Waals surface area contributed by atoms with Crippen LogP contribution >= 0.6 is 0 Å². The van der Waals surface area contributed by atoms with E-state index >= 15 is 0 Å². The van der Waals surface area contributed by atoms with Crippen LogP contribution in [-0.2, 0) is 17.4 Å². The summed E-state index contributed by atoms with van der Waals surface area (Å²) < 4.78 is 41.4. The van der Waals surface area contributed by atoms with Crippen LogP contribution in [0.1, 0.15) is 38.5 Å². The molecule has 174 valence electrons. The van der Waals surface area contributed by atoms with Crippen molar-refractivity contribution in [1.29, 1.82) is 5.26 Å². The number of hydrogen-bond donors (Lipinski definition) is 3. The third-order valence-corrected chi connectivity index (χ3v) is 5.58. The van der Waals surface area contributed by atoms with Gasteiger partial charge in [0.05, 0.1) is 23.2 Å². The fourth-order valence-corrected chi connectivity index (χ4v) is 3.70. The number of nitrogens with zero attached hydrogens (tertiary/aromatic N) is 4. The molecule has 34 heavy (non-hydrogen) atoms. The average Bonchev–Trinajstić information content (AvgIpc) is 3.14. The third kappa shape index (κ3) is 4.01. The number of nitrogens with one attached hydrogen (secondary N) is 3. The molecule has 1 fully saturated rings. The Morgan fingerprint density at radius 1 is 1.32 bits per heavy atom. The molecule has 1 aliphatic rings. The summed E-state index contributed by atoms with van der Waals surface area (Å²) in [7, 11) is 1.46. The molecular weight excluding hydrogens is 455 g/mol. The lowest BCUT2D eigenvalue weighted by molar-refractivity contribution is -0.118. The molecule has 2 amide bonds. The first-order valence-electron chi connectivity index (χ1n) is 9.85. The van der Waals surface area contributed by atoms with Crippen LogP contribution in [0.25, 0.3) is 0 Å². The maximum Gasteiger partial charge on any atom is 0.293 e. The van der Waals surface area contributed by atoms with Crippen molar-refractivity contribution in [3.63, 3.8) is 0 Å². The molecule has 1 aromatic carbocycles. The lowest BCUT2D eigenvalue weighted by Crippen LogP contribution is -2.41. The molecule has 0 saturated heterocycles. The number of aromatic amines is 1. The molecule has 0 spiro atoms. The summed E-state index contributed by atoms with van der Waals surface area (Å²) in [6, 6.07) is 6.24. The standard InChI is InChI=1S/C21H16F3N7O3/c1-31-9-11(5-15(31)19(33)27-12-2-3-14(22)10(4-12)7-25)17(32)20(34)28-21(6-13(21)18(23)24)16-8-26-30-29-16/h2-5,8-9,13,18H,6H2,1H3,(H,27,33)(H,28,34)(H,26,29,30)/t13-,21+/m1/s1. The lowest BCUT2D eigenvalue weighted by atomic mass is 10.1. The number of anilines is 1. The van der Waals surface area contributed by atoms with Crippen molar-refractivity contribution >= 4 is 23.3 Å². The van der Waals surface area contributed by atoms with Crippen LogP contribution in [0.15, 0.2) is 36.7 Å². The van der Waals surface area contributed by atoms with Gasteiger partial charge < -0.3 is 15.2 Å². The highest BCUT2D eigenvalue weighted by Gasteiger charge is 2.63. The van der Waals surface area contributed by atoms with E-state index in [1.807, 2.05) is 0 Å². The second-order valence-corrected chi connectivity index (χ2v) is 7.74. The number of benzene rings is 1. The molecule has 0 unspecified atom stereocenters. The normalized spacial score (nSPS) is 18.9. The van der Waals surface area contributed by atoms with Crippen molar-refractivity contribution in [2.75, 3.05) is 5.32 Å². The van der Waals surface area contributed by atoms with Gasteiger partial charge in [-0.2, -0.15) is 20.7 Å². The van der Waals surface area contributed by atoms with E-state index in [0.717, 1.165) is 18.2 Å². The van der Waals surface area contributed by atoms with Gasteiger partial charge >= 0.3 is 0 Å². The summed E-state index contributed by atoms with van der Waals surface area (Å²) in [6.45, 7) is 0. The zero-order chi connectivity index (χ0) is 24.6. The van der Waals surface area contributed by atoms with E-state index in [-0.39, 0.29) is 34.6 Å². The monoisotopic (exact) mass is 471 g/mol. The van der Waals surface area contributed by atoms with E-state index in [1.165, 1.54) is 30.1 Å². The molecule has 2 atom stereocenters. The molecule has 0 radical (unpaired) electrons. The smallest absolute Gasteiger partial charge is 0.293 e. The first-order chi connectivity index (χ1) is 16.2. The number of hydrogen-bond acceptors (Lipinski definition) is 6. The minimum atomic E-state index is -2.74. The molecule has 13 heteroatoms. The molecule has 3 aromatic rings. The number of carbonyl (C=O) groups excluding carboxylic acids is 3. The maximum absolute atomic E-state index is 13.5. The fourth-order valence-electron chi connectivity index (χ4n) is 3.70. The van der Waals surface area contributed by atoms with Gasteiger partial charge in [0.2, 0.25) is 6.43 Å². The van der Waals surface area contributed by atoms with Gasteiger partial charge in [0.25, 0.3) is 17.6 Å². The highest BCUT2D eigenvalue weighted by molar-refractivity contribution is 6.43. The van der Waals surface area contributed by atoms with Crippen LogP contribution in [0.5, 0.6) is 0 Å². The predicted molar refractivity (Wildman–Crippen MR) is 109 cm³/mol. The van der Waals surface area contributed by atoms with Crippen LogP contribution in [0, 0.1) is 23.1 Å². The Morgan fingerprint density at radius 2 is 2.09 bits per heavy atom. The van der Waals surface area contributed by atoms with Crippen molar-refractivity contribution < 1.29 is 27.6 Å². The van der Waals surface area contributed by atoms with Crippen LogP contribution in [0.4, 0.5) is 18.9 Å². The number of aryl methyl sites for hydroxylation is 1. The molecule has 1 aliphatic carbocycles. The number of Topliss-reactive ketones (excluding diaryl/α,β-unsaturated/α-hetero) is 1. The number of aromatic nitrogens is 4. The molecular formula is C21H16F3N7O3. The number of amides is 2. The summed E-state index contributed by atoms with van der Waals surface area (Å²) in [4.78, 5) is 37.9. The van der Waals surface area contributed by atoms with E-state index in [9.17, 15) is 27.6 Å². The van der Waals surface area contributed by atoms with E-state index < -0.39 is 41.3 Å². The second-order valence-electron chi connectivity index (χ2n) is 7.74. The van der Waals surface area contributed by atoms with Crippen molar-refractivity contribution in [2.45, 2.75) is 18.4 Å². The fraction of sp³-hybridized carbons (Fsp3) is 0.238. The van der Waals surface area contributed by atoms with Gasteiger partial charge in [-0.05, 0) is 30.7 Å². The van der Waals surface area contributed by atoms with Crippen molar-refractivity contribution in [3.8, 4) is 6.07 Å². The summed E-state index contributed by atoms with van der Waals surface area (Å²) in [5.74, 6) is -4.82. The van der Waals surface area contributed by atoms with Gasteiger partial charge in [-0.15, -0.1) is 0 Å². The molecule has 10 nitrogen and oxygen atoms in total. The SMILES string of the molecule is Cn1cc(C(=O)C(=O)N[C@@]2(c3cn[nH]n3)C[C@@H]2C(F)F)cc1C(=O)Nc1ccc(F)c(C#N)c1. The van der Waals surface area contributed by atoms with Crippen LogP contribution in [0.2, 0.25) is 0 Å². The van der Waals surface area contributed by atoms with Gasteiger partial charge in [-0.3, -0.25) is 14.4 Å². The van der Waals surface area contributed by atoms with Gasteiger partial charge in [0.15, 0.2) is 0 Å². The van der Waals surface area contributed by atoms with Gasteiger partial charge in [0, 0.05) is 24.5 Å². The van der Waals surface area contributed by atoms with Crippen LogP contribution in [0.3, 0.4) is 0 Å². The van der Waals surface area contributed by atoms with E-state index in [1.54, 1.807) is 6.07 Å². The summed E-state index contributed by atoms with van der Waals surface area (Å²) in [5, 5.41) is 23.4. The highest BCUT2D eigenvalue weighted by Crippen LogP contribution is 2.54. The predicted octanol–water partition coefficient (Wildman–Crippen LogP) is 1.89. The molecule has 0 bridgehead atoms. The second kappa shape index (κ2) is 8.47. The van der Waals surface area contributed by atoms with Crippen molar-refractivity contribution in [1.82, 2.24) is 25.3 Å². The van der Waals surface area contributed by atoms with Crippen LogP contribution in [-0.4, -0.2) is 44.0 Å². The van der Waals surface area contributed by atoms with E-state index in [2.05, 4.69) is 26.0 Å². The largest absolute Gasteiger partial charge is 0.346 e. The van der Waals surface area contributed by atoms with Gasteiger partial charge in [-0.25, -0.2) is 13.2 Å². The Morgan fingerprint density at radius 3 is 2.71 bits per heavy atom. The lowest BCUT2D eigenvalue weighted by Gasteiger charge is -2.16. The number of halogens is 3.